The fraction of sp³-hybridized carbons (Fsp3) is 0.625. The third kappa shape index (κ3) is 3.57. The first-order valence-corrected chi connectivity index (χ1v) is 7.47. The monoisotopic (exact) mass is 303 g/mol. The van der Waals surface area contributed by atoms with E-state index >= 15 is 0 Å². The molecule has 1 N–H and O–H groups in total. The van der Waals surface area contributed by atoms with Gasteiger partial charge in [0, 0.05) is 0 Å². The molecule has 0 bridgehead atoms. The summed E-state index contributed by atoms with van der Waals surface area (Å²) in [5, 5.41) is 2.58. The van der Waals surface area contributed by atoms with Gasteiger partial charge in [-0.15, -0.1) is 0 Å². The number of aryl methyl sites for hydroxylation is 2. The van der Waals surface area contributed by atoms with Gasteiger partial charge in [0.2, 0.25) is 0 Å². The molecule has 0 aromatic heterocycles. The predicted molar refractivity (Wildman–Crippen MR) is 75.1 cm³/mol. The van der Waals surface area contributed by atoms with Crippen molar-refractivity contribution in [2.24, 2.45) is 0 Å². The maximum absolute atomic E-state index is 13.8. The summed E-state index contributed by atoms with van der Waals surface area (Å²) < 4.78 is 53.1. The van der Waals surface area contributed by atoms with Crippen LogP contribution in [0.4, 0.5) is 17.6 Å². The lowest BCUT2D eigenvalue weighted by atomic mass is 9.88. The van der Waals surface area contributed by atoms with Crippen LogP contribution in [0, 0.1) is 0 Å². The molecule has 0 amide bonds. The third-order valence-corrected chi connectivity index (χ3v) is 3.98. The summed E-state index contributed by atoms with van der Waals surface area (Å²) >= 11 is 0. The van der Waals surface area contributed by atoms with Gasteiger partial charge in [0.05, 0.1) is 0 Å². The number of halogens is 4. The Kier molecular flexibility index (Phi) is 5.25. The molecular formula is C16H21F4N. The number of benzene rings is 1. The molecular weight excluding hydrogens is 282 g/mol. The lowest BCUT2D eigenvalue weighted by molar-refractivity contribution is -0.151. The number of alkyl halides is 4. The van der Waals surface area contributed by atoms with E-state index in [-0.39, 0.29) is 12.1 Å². The Morgan fingerprint density at radius 3 is 2.43 bits per heavy atom. The summed E-state index contributed by atoms with van der Waals surface area (Å²) in [6, 6.07) is 3.42. The fourth-order valence-electron chi connectivity index (χ4n) is 2.82. The van der Waals surface area contributed by atoms with Crippen molar-refractivity contribution in [1.29, 1.82) is 0 Å². The third-order valence-electron chi connectivity index (χ3n) is 3.98. The molecule has 0 saturated carbocycles. The maximum Gasteiger partial charge on any atom is 0.326 e. The average Bonchev–Trinajstić information content (AvgIpc) is 2.47. The smallest absolute Gasteiger partial charge is 0.305 e. The molecule has 2 rings (SSSR count). The van der Waals surface area contributed by atoms with Crippen molar-refractivity contribution in [2.75, 3.05) is 6.54 Å². The molecule has 1 aliphatic carbocycles. The van der Waals surface area contributed by atoms with Crippen LogP contribution in [0.3, 0.4) is 0 Å². The van der Waals surface area contributed by atoms with Crippen molar-refractivity contribution in [3.05, 3.63) is 34.9 Å². The molecule has 5 heteroatoms. The van der Waals surface area contributed by atoms with Gasteiger partial charge in [-0.05, 0) is 55.3 Å². The summed E-state index contributed by atoms with van der Waals surface area (Å²) in [5.41, 5.74) is 2.43. The molecule has 1 aliphatic rings. The second-order valence-electron chi connectivity index (χ2n) is 5.60. The molecule has 1 nitrogen and oxygen atoms in total. The fourth-order valence-corrected chi connectivity index (χ4v) is 2.82. The average molecular weight is 303 g/mol. The van der Waals surface area contributed by atoms with E-state index in [9.17, 15) is 17.6 Å². The van der Waals surface area contributed by atoms with Gasteiger partial charge < -0.3 is 5.32 Å². The normalized spacial score (nSPS) is 16.9. The topological polar surface area (TPSA) is 12.0 Å². The predicted octanol–water partition coefficient (Wildman–Crippen LogP) is 4.51. The van der Waals surface area contributed by atoms with Crippen LogP contribution in [-0.2, 0) is 12.8 Å². The molecule has 1 aromatic rings. The minimum atomic E-state index is -4.07. The van der Waals surface area contributed by atoms with Crippen LogP contribution < -0.4 is 5.32 Å². The first kappa shape index (κ1) is 16.3. The summed E-state index contributed by atoms with van der Waals surface area (Å²) in [6.45, 7) is 2.10. The molecule has 1 aromatic carbocycles. The van der Waals surface area contributed by atoms with Crippen LogP contribution in [0.5, 0.6) is 0 Å². The second-order valence-corrected chi connectivity index (χ2v) is 5.60. The van der Waals surface area contributed by atoms with E-state index in [0.717, 1.165) is 36.8 Å². The highest BCUT2D eigenvalue weighted by atomic mass is 19.3. The number of hydrogen-bond donors (Lipinski definition) is 1. The Bertz CT molecular complexity index is 473. The van der Waals surface area contributed by atoms with Gasteiger partial charge in [0.1, 0.15) is 6.04 Å². The SMILES string of the molecule is CCCNC(c1ccc2c(c1)CCCC2)C(F)(F)C(F)F. The number of hydrogen-bond acceptors (Lipinski definition) is 1. The Morgan fingerprint density at radius 2 is 1.81 bits per heavy atom. The van der Waals surface area contributed by atoms with Crippen LogP contribution in [0.1, 0.15) is 48.9 Å². The first-order valence-electron chi connectivity index (χ1n) is 7.47. The minimum absolute atomic E-state index is 0.259. The van der Waals surface area contributed by atoms with Crippen LogP contribution in [-0.4, -0.2) is 18.9 Å². The Balaban J connectivity index is 2.32. The van der Waals surface area contributed by atoms with Crippen LogP contribution >= 0.6 is 0 Å². The number of nitrogens with one attached hydrogen (secondary N) is 1. The molecule has 0 radical (unpaired) electrons. The molecule has 0 saturated heterocycles. The Labute approximate surface area is 122 Å². The molecule has 0 fully saturated rings. The first-order chi connectivity index (χ1) is 9.96. The zero-order chi connectivity index (χ0) is 15.5. The van der Waals surface area contributed by atoms with Crippen molar-refractivity contribution in [2.45, 2.75) is 57.4 Å². The van der Waals surface area contributed by atoms with Crippen molar-refractivity contribution in [3.63, 3.8) is 0 Å². The number of rotatable bonds is 6. The highest BCUT2D eigenvalue weighted by Gasteiger charge is 2.49. The van der Waals surface area contributed by atoms with E-state index < -0.39 is 18.4 Å². The molecule has 0 heterocycles. The molecule has 1 atom stereocenters. The van der Waals surface area contributed by atoms with Crippen molar-refractivity contribution in [1.82, 2.24) is 5.32 Å². The lowest BCUT2D eigenvalue weighted by Gasteiger charge is -2.29. The standard InChI is InChI=1S/C16H21F4N/c1-2-9-21-14(16(19,20)15(17)18)13-8-7-11-5-3-4-6-12(11)10-13/h7-8,10,14-15,21H,2-6,9H2,1H3. The van der Waals surface area contributed by atoms with E-state index in [0.29, 0.717) is 6.42 Å². The second kappa shape index (κ2) is 6.77. The van der Waals surface area contributed by atoms with Crippen molar-refractivity contribution in [3.8, 4) is 0 Å². The summed E-state index contributed by atoms with van der Waals surface area (Å²) in [4.78, 5) is 0. The van der Waals surface area contributed by atoms with Gasteiger partial charge >= 0.3 is 12.3 Å². The van der Waals surface area contributed by atoms with E-state index in [1.165, 1.54) is 0 Å². The van der Waals surface area contributed by atoms with E-state index in [2.05, 4.69) is 5.32 Å². The van der Waals surface area contributed by atoms with Crippen LogP contribution in [0.15, 0.2) is 18.2 Å². The lowest BCUT2D eigenvalue weighted by Crippen LogP contribution is -2.43. The van der Waals surface area contributed by atoms with Crippen molar-refractivity contribution >= 4 is 0 Å². The van der Waals surface area contributed by atoms with Gasteiger partial charge in [0.25, 0.3) is 0 Å². The van der Waals surface area contributed by atoms with Gasteiger partial charge in [0.15, 0.2) is 0 Å². The summed E-state index contributed by atoms with van der Waals surface area (Å²) in [5.74, 6) is -4.07. The number of fused-ring (bicyclic) bond motifs is 1. The molecule has 0 aliphatic heterocycles. The van der Waals surface area contributed by atoms with Gasteiger partial charge in [-0.2, -0.15) is 8.78 Å². The van der Waals surface area contributed by atoms with E-state index in [4.69, 9.17) is 0 Å². The van der Waals surface area contributed by atoms with Crippen LogP contribution in [0.2, 0.25) is 0 Å². The van der Waals surface area contributed by atoms with E-state index in [1.807, 2.05) is 13.0 Å². The largest absolute Gasteiger partial charge is 0.326 e. The maximum atomic E-state index is 13.8. The molecule has 0 spiro atoms. The highest BCUT2D eigenvalue weighted by Crippen LogP contribution is 2.37. The van der Waals surface area contributed by atoms with Crippen LogP contribution in [0.25, 0.3) is 0 Å². The zero-order valence-corrected chi connectivity index (χ0v) is 12.1. The Morgan fingerprint density at radius 1 is 1.14 bits per heavy atom. The summed E-state index contributed by atoms with van der Waals surface area (Å²) in [7, 11) is 0. The quantitative estimate of drug-likeness (QED) is 0.763. The van der Waals surface area contributed by atoms with Crippen molar-refractivity contribution < 1.29 is 17.6 Å². The van der Waals surface area contributed by atoms with Gasteiger partial charge in [-0.3, -0.25) is 0 Å². The molecule has 118 valence electrons. The van der Waals surface area contributed by atoms with Gasteiger partial charge in [-0.1, -0.05) is 25.1 Å². The van der Waals surface area contributed by atoms with E-state index in [1.54, 1.807) is 12.1 Å². The zero-order valence-electron chi connectivity index (χ0n) is 12.1. The molecule has 1 unspecified atom stereocenters. The minimum Gasteiger partial charge on any atom is -0.305 e. The summed E-state index contributed by atoms with van der Waals surface area (Å²) in [6.07, 6.45) is 0.826. The molecule has 21 heavy (non-hydrogen) atoms. The van der Waals surface area contributed by atoms with Gasteiger partial charge in [-0.25, -0.2) is 8.78 Å². The Hall–Kier alpha value is -1.10. The highest BCUT2D eigenvalue weighted by molar-refractivity contribution is 5.36.